The zero-order chi connectivity index (χ0) is 42.8. The number of nitrogens with one attached hydrogen (secondary N) is 1. The largest absolute Gasteiger partial charge is 0.472 e. The van der Waals surface area contributed by atoms with Crippen molar-refractivity contribution in [3.05, 3.63) is 109 Å². The molecule has 330 valence electrons. The molecule has 0 aliphatic heterocycles. The lowest BCUT2D eigenvalue weighted by molar-refractivity contribution is -0.870. The Labute approximate surface area is 355 Å². The van der Waals surface area contributed by atoms with E-state index in [2.05, 4.69) is 116 Å². The molecule has 0 aromatic rings. The molecule has 0 aliphatic rings. The minimum Gasteiger partial charge on any atom is -0.387 e. The molecule has 3 N–H and O–H groups in total. The normalized spacial score (nSPS) is 15.4. The number of phosphoric ester groups is 1. The van der Waals surface area contributed by atoms with Crippen LogP contribution in [0.15, 0.2) is 109 Å². The number of aliphatic hydroxyl groups excluding tert-OH is 1. The van der Waals surface area contributed by atoms with E-state index in [9.17, 15) is 19.4 Å². The molecule has 0 saturated carbocycles. The Morgan fingerprint density at radius 1 is 0.603 bits per heavy atom. The van der Waals surface area contributed by atoms with E-state index in [4.69, 9.17) is 9.05 Å². The molecule has 0 heterocycles. The van der Waals surface area contributed by atoms with Crippen molar-refractivity contribution in [2.45, 2.75) is 154 Å². The Bertz CT molecular complexity index is 1300. The van der Waals surface area contributed by atoms with Crippen LogP contribution in [-0.4, -0.2) is 73.4 Å². The third-order valence-corrected chi connectivity index (χ3v) is 9.96. The molecule has 0 rings (SSSR count). The lowest BCUT2D eigenvalue weighted by Crippen LogP contribution is -2.45. The van der Waals surface area contributed by atoms with Gasteiger partial charge in [0.1, 0.15) is 13.2 Å². The molecule has 3 unspecified atom stereocenters. The van der Waals surface area contributed by atoms with Crippen molar-refractivity contribution in [3.63, 3.8) is 0 Å². The van der Waals surface area contributed by atoms with Gasteiger partial charge in [-0.25, -0.2) is 4.57 Å². The summed E-state index contributed by atoms with van der Waals surface area (Å²) in [4.78, 5) is 23.1. The number of aliphatic hydroxyl groups is 1. The summed E-state index contributed by atoms with van der Waals surface area (Å²) in [6, 6.07) is -0.887. The van der Waals surface area contributed by atoms with Gasteiger partial charge in [0.05, 0.1) is 39.9 Å². The minimum atomic E-state index is -4.36. The molecule has 0 aliphatic carbocycles. The Morgan fingerprint density at radius 3 is 1.57 bits per heavy atom. The standard InChI is InChI=1S/C49H83N2O6P/c1-6-8-10-12-14-16-18-19-20-21-22-23-24-25-26-27-28-29-30-31-33-35-37-39-41-43-49(53)50-47(46-57-58(54,55)56-45-44-51(3,4)5)48(52)42-40-38-36-34-32-17-15-13-11-9-7-2/h8,10,14,16,19-20,22-23,25-26,28-29,31-34,40,42,47-48,52H,6-7,9,11-13,15,17-18,21,24,27,30,35-39,41,43-46H2,1-5H3,(H-,50,53,54,55)/p+1/b10-8-,16-14-,20-19-,23-22-,26-25-,29-28-,33-31-,34-32+,42-40+. The fraction of sp³-hybridized carbons (Fsp3) is 0.612. The monoisotopic (exact) mass is 828 g/mol. The molecule has 1 amide bonds. The van der Waals surface area contributed by atoms with Gasteiger partial charge in [0.25, 0.3) is 0 Å². The van der Waals surface area contributed by atoms with Crippen molar-refractivity contribution < 1.29 is 32.9 Å². The first-order valence-electron chi connectivity index (χ1n) is 22.3. The molecule has 0 bridgehead atoms. The second-order valence-corrected chi connectivity index (χ2v) is 17.1. The highest BCUT2D eigenvalue weighted by atomic mass is 31.2. The molecule has 0 radical (unpaired) electrons. The van der Waals surface area contributed by atoms with Gasteiger partial charge in [-0.3, -0.25) is 13.8 Å². The van der Waals surface area contributed by atoms with Crippen LogP contribution in [0.4, 0.5) is 0 Å². The molecular formula is C49H84N2O6P+. The van der Waals surface area contributed by atoms with E-state index in [1.807, 2.05) is 27.2 Å². The number of hydrogen-bond acceptors (Lipinski definition) is 5. The second kappa shape index (κ2) is 39.6. The van der Waals surface area contributed by atoms with Crippen molar-refractivity contribution in [2.75, 3.05) is 40.9 Å². The number of nitrogens with zero attached hydrogens (tertiary/aromatic N) is 1. The predicted molar refractivity (Wildman–Crippen MR) is 249 cm³/mol. The van der Waals surface area contributed by atoms with Gasteiger partial charge in [-0.05, 0) is 89.9 Å². The quantitative estimate of drug-likeness (QED) is 0.0248. The topological polar surface area (TPSA) is 105 Å². The van der Waals surface area contributed by atoms with E-state index in [1.165, 1.54) is 32.1 Å². The molecule has 58 heavy (non-hydrogen) atoms. The van der Waals surface area contributed by atoms with Gasteiger partial charge in [0.2, 0.25) is 5.91 Å². The van der Waals surface area contributed by atoms with Gasteiger partial charge >= 0.3 is 7.82 Å². The number of allylic oxidation sites excluding steroid dienone is 17. The summed E-state index contributed by atoms with van der Waals surface area (Å²) in [5.41, 5.74) is 0. The molecule has 0 spiro atoms. The van der Waals surface area contributed by atoms with E-state index in [0.717, 1.165) is 83.5 Å². The van der Waals surface area contributed by atoms with Crippen molar-refractivity contribution in [1.82, 2.24) is 5.32 Å². The molecule has 0 saturated heterocycles. The number of rotatable bonds is 38. The van der Waals surface area contributed by atoms with E-state index >= 15 is 0 Å². The van der Waals surface area contributed by atoms with E-state index < -0.39 is 20.0 Å². The predicted octanol–water partition coefficient (Wildman–Crippen LogP) is 12.5. The first-order chi connectivity index (χ1) is 28.0. The molecule has 0 fully saturated rings. The number of carbonyl (C=O) groups is 1. The highest BCUT2D eigenvalue weighted by Gasteiger charge is 2.27. The van der Waals surface area contributed by atoms with Crippen LogP contribution in [0.2, 0.25) is 0 Å². The molecular weight excluding hydrogens is 744 g/mol. The van der Waals surface area contributed by atoms with Crippen LogP contribution in [0, 0.1) is 0 Å². The summed E-state index contributed by atoms with van der Waals surface area (Å²) in [5, 5.41) is 13.7. The first kappa shape index (κ1) is 55.2. The fourth-order valence-electron chi connectivity index (χ4n) is 5.45. The van der Waals surface area contributed by atoms with Gasteiger partial charge in [0, 0.05) is 6.42 Å². The molecule has 3 atom stereocenters. The van der Waals surface area contributed by atoms with E-state index in [-0.39, 0.29) is 19.1 Å². The first-order valence-corrected chi connectivity index (χ1v) is 23.8. The van der Waals surface area contributed by atoms with Crippen molar-refractivity contribution >= 4 is 13.7 Å². The molecule has 0 aromatic carbocycles. The second-order valence-electron chi connectivity index (χ2n) is 15.7. The summed E-state index contributed by atoms with van der Waals surface area (Å²) in [7, 11) is 1.51. The summed E-state index contributed by atoms with van der Waals surface area (Å²) in [5.74, 6) is -0.227. The van der Waals surface area contributed by atoms with Crippen LogP contribution in [0.3, 0.4) is 0 Å². The van der Waals surface area contributed by atoms with Crippen LogP contribution in [-0.2, 0) is 18.4 Å². The zero-order valence-electron chi connectivity index (χ0n) is 37.2. The van der Waals surface area contributed by atoms with Crippen LogP contribution in [0.5, 0.6) is 0 Å². The molecule has 0 aromatic heterocycles. The number of unbranched alkanes of at least 4 members (excludes halogenated alkanes) is 9. The van der Waals surface area contributed by atoms with Crippen LogP contribution in [0.1, 0.15) is 142 Å². The lowest BCUT2D eigenvalue weighted by Gasteiger charge is -2.25. The lowest BCUT2D eigenvalue weighted by atomic mass is 10.1. The average molecular weight is 828 g/mol. The number of carbonyl (C=O) groups excluding carboxylic acids is 1. The number of likely N-dealkylation sites (N-methyl/N-ethyl adjacent to an activating group) is 1. The maximum absolute atomic E-state index is 12.8. The Hall–Kier alpha value is -2.84. The summed E-state index contributed by atoms with van der Waals surface area (Å²) in [6.45, 7) is 4.58. The smallest absolute Gasteiger partial charge is 0.387 e. The van der Waals surface area contributed by atoms with Crippen LogP contribution < -0.4 is 5.32 Å². The third kappa shape index (κ3) is 41.3. The Morgan fingerprint density at radius 2 is 1.05 bits per heavy atom. The van der Waals surface area contributed by atoms with Gasteiger partial charge in [-0.15, -0.1) is 0 Å². The fourth-order valence-corrected chi connectivity index (χ4v) is 6.18. The van der Waals surface area contributed by atoms with E-state index in [1.54, 1.807) is 6.08 Å². The summed E-state index contributed by atoms with van der Waals surface area (Å²) in [6.07, 6.45) is 57.4. The third-order valence-electron chi connectivity index (χ3n) is 8.98. The average Bonchev–Trinajstić information content (AvgIpc) is 3.17. The van der Waals surface area contributed by atoms with Crippen LogP contribution in [0.25, 0.3) is 0 Å². The molecule has 9 heteroatoms. The minimum absolute atomic E-state index is 0.0424. The highest BCUT2D eigenvalue weighted by Crippen LogP contribution is 2.43. The van der Waals surface area contributed by atoms with Crippen molar-refractivity contribution in [2.24, 2.45) is 0 Å². The van der Waals surface area contributed by atoms with Gasteiger partial charge in [-0.1, -0.05) is 155 Å². The van der Waals surface area contributed by atoms with Crippen LogP contribution >= 0.6 is 7.82 Å². The van der Waals surface area contributed by atoms with Gasteiger partial charge < -0.3 is 19.8 Å². The highest BCUT2D eigenvalue weighted by molar-refractivity contribution is 7.47. The van der Waals surface area contributed by atoms with Crippen molar-refractivity contribution in [3.8, 4) is 0 Å². The number of phosphoric acid groups is 1. The summed E-state index contributed by atoms with van der Waals surface area (Å²) >= 11 is 0. The van der Waals surface area contributed by atoms with Gasteiger partial charge in [0.15, 0.2) is 0 Å². The maximum Gasteiger partial charge on any atom is 0.472 e. The number of quaternary nitrogens is 1. The van der Waals surface area contributed by atoms with Gasteiger partial charge in [-0.2, -0.15) is 0 Å². The summed E-state index contributed by atoms with van der Waals surface area (Å²) < 4.78 is 23.5. The SMILES string of the molecule is CC/C=C\C/C=C\C/C=C\C/C=C\C/C=C\C/C=C\C/C=C\CCCCCC(=O)NC(COP(=O)(O)OCC[N+](C)(C)C)C(O)/C=C/CC/C=C/CCCCCCC. The zero-order valence-corrected chi connectivity index (χ0v) is 38.1. The number of hydrogen-bond donors (Lipinski definition) is 3. The molecule has 8 nitrogen and oxygen atoms in total. The van der Waals surface area contributed by atoms with Crippen molar-refractivity contribution in [1.29, 1.82) is 0 Å². The Balaban J connectivity index is 4.46. The van der Waals surface area contributed by atoms with E-state index in [0.29, 0.717) is 23.9 Å². The number of amides is 1. The maximum atomic E-state index is 12.8. The Kier molecular flexibility index (Phi) is 37.7.